The second-order valence-corrected chi connectivity index (χ2v) is 5.33. The molecule has 0 aliphatic carbocycles. The van der Waals surface area contributed by atoms with Gasteiger partial charge in [0.25, 0.3) is 0 Å². The fraction of sp³-hybridized carbons (Fsp3) is 0.167. The number of hydrogen-bond acceptors (Lipinski definition) is 3. The first kappa shape index (κ1) is 14.0. The predicted molar refractivity (Wildman–Crippen MR) is 80.9 cm³/mol. The molecule has 0 amide bonds. The molecule has 0 saturated carbocycles. The molecule has 0 unspecified atom stereocenters. The summed E-state index contributed by atoms with van der Waals surface area (Å²) in [5.74, 6) is 0.512. The Morgan fingerprint density at radius 3 is 2.39 bits per heavy atom. The molecule has 0 bridgehead atoms. The van der Waals surface area contributed by atoms with E-state index in [0.717, 1.165) is 11.1 Å². The summed E-state index contributed by atoms with van der Waals surface area (Å²) in [6, 6.07) is 7.73. The standard InChI is InChI=1S/C12H9Cl2IN2O/c1-18-6-7-4-2-3-5-8(7)12-16-10(13)9(15)11(14)17-12/h2-5H,6H2,1H3. The third kappa shape index (κ3) is 2.93. The lowest BCUT2D eigenvalue weighted by Gasteiger charge is -2.08. The van der Waals surface area contributed by atoms with Gasteiger partial charge in [0.05, 0.1) is 10.2 Å². The third-order valence-electron chi connectivity index (χ3n) is 2.33. The average Bonchev–Trinajstić information content (AvgIpc) is 2.36. The molecule has 0 aliphatic rings. The Hall–Kier alpha value is -0.430. The first-order valence-corrected chi connectivity index (χ1v) is 6.92. The number of halogens is 3. The highest BCUT2D eigenvalue weighted by molar-refractivity contribution is 14.1. The van der Waals surface area contributed by atoms with Gasteiger partial charge in [0.1, 0.15) is 10.3 Å². The first-order valence-electron chi connectivity index (χ1n) is 5.09. The van der Waals surface area contributed by atoms with E-state index < -0.39 is 0 Å². The summed E-state index contributed by atoms with van der Waals surface area (Å²) in [6.07, 6.45) is 0. The van der Waals surface area contributed by atoms with Crippen LogP contribution in [0.3, 0.4) is 0 Å². The minimum Gasteiger partial charge on any atom is -0.380 e. The molecule has 0 N–H and O–H groups in total. The van der Waals surface area contributed by atoms with Crippen molar-refractivity contribution in [2.45, 2.75) is 6.61 Å². The van der Waals surface area contributed by atoms with E-state index in [9.17, 15) is 0 Å². The van der Waals surface area contributed by atoms with Gasteiger partial charge in [-0.1, -0.05) is 47.5 Å². The molecule has 18 heavy (non-hydrogen) atoms. The van der Waals surface area contributed by atoms with Crippen molar-refractivity contribution in [1.29, 1.82) is 0 Å². The Bertz CT molecular complexity index is 555. The highest BCUT2D eigenvalue weighted by atomic mass is 127. The van der Waals surface area contributed by atoms with Gasteiger partial charge < -0.3 is 4.74 Å². The van der Waals surface area contributed by atoms with Gasteiger partial charge >= 0.3 is 0 Å². The molecule has 1 aromatic carbocycles. The zero-order valence-corrected chi connectivity index (χ0v) is 13.1. The Morgan fingerprint density at radius 2 is 1.78 bits per heavy atom. The zero-order chi connectivity index (χ0) is 13.1. The molecule has 6 heteroatoms. The Labute approximate surface area is 129 Å². The summed E-state index contributed by atoms with van der Waals surface area (Å²) in [6.45, 7) is 0.487. The molecule has 0 spiro atoms. The number of hydrogen-bond donors (Lipinski definition) is 0. The second-order valence-electron chi connectivity index (χ2n) is 3.53. The number of nitrogens with zero attached hydrogens (tertiary/aromatic N) is 2. The summed E-state index contributed by atoms with van der Waals surface area (Å²) < 4.78 is 5.81. The van der Waals surface area contributed by atoms with E-state index in [4.69, 9.17) is 27.9 Å². The number of aromatic nitrogens is 2. The van der Waals surface area contributed by atoms with Crippen molar-refractivity contribution in [2.75, 3.05) is 7.11 Å². The molecule has 0 fully saturated rings. The van der Waals surface area contributed by atoms with Gasteiger partial charge in [-0.25, -0.2) is 9.97 Å². The maximum atomic E-state index is 6.02. The number of benzene rings is 1. The molecule has 2 aromatic rings. The van der Waals surface area contributed by atoms with Crippen LogP contribution in [0.5, 0.6) is 0 Å². The van der Waals surface area contributed by atoms with E-state index in [0.29, 0.717) is 26.3 Å². The minimum atomic E-state index is 0.359. The zero-order valence-electron chi connectivity index (χ0n) is 9.45. The lowest BCUT2D eigenvalue weighted by atomic mass is 10.1. The molecule has 0 atom stereocenters. The van der Waals surface area contributed by atoms with Gasteiger partial charge in [-0.15, -0.1) is 0 Å². The number of rotatable bonds is 3. The number of ether oxygens (including phenoxy) is 1. The van der Waals surface area contributed by atoms with E-state index in [2.05, 4.69) is 9.97 Å². The summed E-state index contributed by atoms with van der Waals surface area (Å²) in [7, 11) is 1.64. The lowest BCUT2D eigenvalue weighted by molar-refractivity contribution is 0.185. The topological polar surface area (TPSA) is 35.0 Å². The van der Waals surface area contributed by atoms with E-state index in [1.165, 1.54) is 0 Å². The monoisotopic (exact) mass is 394 g/mol. The molecule has 0 radical (unpaired) electrons. The Balaban J connectivity index is 2.55. The summed E-state index contributed by atoms with van der Waals surface area (Å²) in [5, 5.41) is 0.718. The quantitative estimate of drug-likeness (QED) is 0.578. The van der Waals surface area contributed by atoms with Crippen molar-refractivity contribution in [3.63, 3.8) is 0 Å². The van der Waals surface area contributed by atoms with Crippen LogP contribution in [0.2, 0.25) is 10.3 Å². The fourth-order valence-electron chi connectivity index (χ4n) is 1.53. The molecular weight excluding hydrogens is 386 g/mol. The Morgan fingerprint density at radius 1 is 1.17 bits per heavy atom. The van der Waals surface area contributed by atoms with Crippen LogP contribution >= 0.6 is 45.8 Å². The normalized spacial score (nSPS) is 10.7. The van der Waals surface area contributed by atoms with Crippen molar-refractivity contribution in [2.24, 2.45) is 0 Å². The van der Waals surface area contributed by atoms with Crippen LogP contribution in [-0.2, 0) is 11.3 Å². The first-order chi connectivity index (χ1) is 8.63. The molecule has 1 heterocycles. The molecule has 0 saturated heterocycles. The summed E-state index contributed by atoms with van der Waals surface area (Å²) in [4.78, 5) is 8.51. The van der Waals surface area contributed by atoms with Gasteiger partial charge in [-0.3, -0.25) is 0 Å². The van der Waals surface area contributed by atoms with Crippen LogP contribution in [0.25, 0.3) is 11.4 Å². The van der Waals surface area contributed by atoms with Crippen LogP contribution in [0.1, 0.15) is 5.56 Å². The Kier molecular flexibility index (Phi) is 4.77. The van der Waals surface area contributed by atoms with Crippen molar-refractivity contribution in [3.8, 4) is 11.4 Å². The van der Waals surface area contributed by atoms with Gasteiger partial charge in [-0.05, 0) is 28.2 Å². The van der Waals surface area contributed by atoms with Crippen LogP contribution in [0.4, 0.5) is 0 Å². The smallest absolute Gasteiger partial charge is 0.162 e. The van der Waals surface area contributed by atoms with E-state index in [1.54, 1.807) is 7.11 Å². The van der Waals surface area contributed by atoms with Crippen LogP contribution < -0.4 is 0 Å². The fourth-order valence-corrected chi connectivity index (χ4v) is 2.16. The predicted octanol–water partition coefficient (Wildman–Crippen LogP) is 4.20. The van der Waals surface area contributed by atoms with Crippen LogP contribution in [-0.4, -0.2) is 17.1 Å². The molecule has 3 nitrogen and oxygen atoms in total. The van der Waals surface area contributed by atoms with Crippen molar-refractivity contribution in [1.82, 2.24) is 9.97 Å². The van der Waals surface area contributed by atoms with Crippen LogP contribution in [0.15, 0.2) is 24.3 Å². The highest BCUT2D eigenvalue weighted by Crippen LogP contribution is 2.28. The summed E-state index contributed by atoms with van der Waals surface area (Å²) in [5.41, 5.74) is 1.87. The van der Waals surface area contributed by atoms with Crippen molar-refractivity contribution >= 4 is 45.8 Å². The van der Waals surface area contributed by atoms with Gasteiger partial charge in [0.15, 0.2) is 5.82 Å². The van der Waals surface area contributed by atoms with E-state index in [1.807, 2.05) is 46.9 Å². The molecule has 2 rings (SSSR count). The molecular formula is C12H9Cl2IN2O. The average molecular weight is 395 g/mol. The number of methoxy groups -OCH3 is 1. The summed E-state index contributed by atoms with van der Waals surface area (Å²) >= 11 is 14.1. The van der Waals surface area contributed by atoms with Gasteiger partial charge in [-0.2, -0.15) is 0 Å². The highest BCUT2D eigenvalue weighted by Gasteiger charge is 2.12. The molecule has 1 aromatic heterocycles. The third-order valence-corrected chi connectivity index (χ3v) is 4.53. The van der Waals surface area contributed by atoms with E-state index >= 15 is 0 Å². The lowest BCUT2D eigenvalue weighted by Crippen LogP contribution is -1.98. The maximum absolute atomic E-state index is 6.02. The SMILES string of the molecule is COCc1ccccc1-c1nc(Cl)c(I)c(Cl)n1. The van der Waals surface area contributed by atoms with Crippen molar-refractivity contribution in [3.05, 3.63) is 43.7 Å². The van der Waals surface area contributed by atoms with Gasteiger partial charge in [0, 0.05) is 12.7 Å². The van der Waals surface area contributed by atoms with E-state index in [-0.39, 0.29) is 0 Å². The van der Waals surface area contributed by atoms with Crippen LogP contribution in [0, 0.1) is 3.57 Å². The minimum absolute atomic E-state index is 0.359. The molecule has 0 aliphatic heterocycles. The van der Waals surface area contributed by atoms with Gasteiger partial charge in [0.2, 0.25) is 0 Å². The van der Waals surface area contributed by atoms with Crippen molar-refractivity contribution < 1.29 is 4.74 Å². The maximum Gasteiger partial charge on any atom is 0.162 e. The molecule has 94 valence electrons. The second kappa shape index (κ2) is 6.14. The largest absolute Gasteiger partial charge is 0.380 e.